The molecule has 0 amide bonds. The van der Waals surface area contributed by atoms with Crippen LogP contribution in [0.4, 0.5) is 4.39 Å². The highest BCUT2D eigenvalue weighted by molar-refractivity contribution is 5.16. The number of aromatic nitrogens is 2. The normalized spacial score (nSPS) is 18.4. The van der Waals surface area contributed by atoms with Gasteiger partial charge in [0.05, 0.1) is 18.9 Å². The molecule has 1 atom stereocenters. The van der Waals surface area contributed by atoms with Crippen molar-refractivity contribution in [1.82, 2.24) is 14.7 Å². The smallest absolute Gasteiger partial charge is 0.123 e. The van der Waals surface area contributed by atoms with Crippen LogP contribution in [-0.4, -0.2) is 34.4 Å². The molecule has 0 bridgehead atoms. The number of hydrogen-bond acceptors (Lipinski definition) is 3. The lowest BCUT2D eigenvalue weighted by atomic mass is 10.1. The third kappa shape index (κ3) is 4.27. The van der Waals surface area contributed by atoms with Gasteiger partial charge >= 0.3 is 0 Å². The Morgan fingerprint density at radius 1 is 1.26 bits per heavy atom. The Bertz CT molecular complexity index is 638. The molecule has 122 valence electrons. The molecule has 0 radical (unpaired) electrons. The maximum atomic E-state index is 13.1. The molecule has 2 heterocycles. The Balaban J connectivity index is 1.70. The predicted octanol–water partition coefficient (Wildman–Crippen LogP) is 2.86. The number of rotatable bonds is 6. The highest BCUT2D eigenvalue weighted by Crippen LogP contribution is 2.18. The molecule has 4 nitrogen and oxygen atoms in total. The quantitative estimate of drug-likeness (QED) is 0.606. The molecule has 0 aliphatic carbocycles. The molecule has 23 heavy (non-hydrogen) atoms. The second-order valence-electron chi connectivity index (χ2n) is 5.99. The van der Waals surface area contributed by atoms with E-state index in [9.17, 15) is 4.39 Å². The minimum absolute atomic E-state index is 0.196. The molecule has 1 aromatic heterocycles. The predicted molar refractivity (Wildman–Crippen MR) is 87.2 cm³/mol. The van der Waals surface area contributed by atoms with Crippen molar-refractivity contribution in [3.8, 4) is 0 Å². The summed E-state index contributed by atoms with van der Waals surface area (Å²) in [5, 5.41) is 4.41. The Morgan fingerprint density at radius 2 is 2.09 bits per heavy atom. The molecular weight excluding hydrogens is 293 g/mol. The van der Waals surface area contributed by atoms with Crippen LogP contribution in [0.2, 0.25) is 0 Å². The summed E-state index contributed by atoms with van der Waals surface area (Å²) in [6, 6.07) is 8.79. The molecule has 3 rings (SSSR count). The number of halogens is 1. The van der Waals surface area contributed by atoms with E-state index in [0.717, 1.165) is 31.7 Å². The van der Waals surface area contributed by atoms with Crippen LogP contribution in [-0.2, 0) is 24.4 Å². The topological polar surface area (TPSA) is 30.3 Å². The van der Waals surface area contributed by atoms with Crippen LogP contribution in [0.15, 0.2) is 49.2 Å². The Morgan fingerprint density at radius 3 is 2.87 bits per heavy atom. The lowest BCUT2D eigenvalue weighted by Crippen LogP contribution is -2.30. The van der Waals surface area contributed by atoms with Crippen LogP contribution in [0, 0.1) is 11.7 Å². The van der Waals surface area contributed by atoms with Crippen molar-refractivity contribution in [2.45, 2.75) is 19.6 Å². The second-order valence-corrected chi connectivity index (χ2v) is 5.99. The van der Waals surface area contributed by atoms with Gasteiger partial charge in [0.15, 0.2) is 0 Å². The first-order chi connectivity index (χ1) is 11.2. The van der Waals surface area contributed by atoms with Gasteiger partial charge in [0, 0.05) is 38.3 Å². The fraction of sp³-hybridized carbons (Fsp3) is 0.389. The van der Waals surface area contributed by atoms with Gasteiger partial charge in [-0.25, -0.2) is 4.39 Å². The molecule has 0 fully saturated rings. The molecule has 1 aliphatic rings. The standard InChI is InChI=1S/C18H22FN3O/c1-2-9-23-14-16-11-21(10-15-3-5-17(19)6-4-15)13-18-7-8-20-22(18)12-16/h2-8,16H,1,9-14H2/t16-/m0/s1. The maximum absolute atomic E-state index is 13.1. The molecule has 0 saturated carbocycles. The van der Waals surface area contributed by atoms with Gasteiger partial charge in [0.2, 0.25) is 0 Å². The molecule has 0 saturated heterocycles. The Hall–Kier alpha value is -1.98. The molecule has 2 aromatic rings. The van der Waals surface area contributed by atoms with Gasteiger partial charge in [-0.05, 0) is 23.8 Å². The third-order valence-electron chi connectivity index (χ3n) is 4.05. The van der Waals surface area contributed by atoms with E-state index in [1.165, 1.54) is 17.8 Å². The lowest BCUT2D eigenvalue weighted by molar-refractivity contribution is 0.0932. The van der Waals surface area contributed by atoms with Crippen molar-refractivity contribution < 1.29 is 9.13 Å². The van der Waals surface area contributed by atoms with Crippen molar-refractivity contribution in [3.05, 3.63) is 66.3 Å². The third-order valence-corrected chi connectivity index (χ3v) is 4.05. The minimum Gasteiger partial charge on any atom is -0.377 e. The van der Waals surface area contributed by atoms with Crippen LogP contribution >= 0.6 is 0 Å². The van der Waals surface area contributed by atoms with Gasteiger partial charge in [-0.3, -0.25) is 9.58 Å². The highest BCUT2D eigenvalue weighted by atomic mass is 19.1. The molecule has 0 spiro atoms. The first-order valence-electron chi connectivity index (χ1n) is 7.90. The van der Waals surface area contributed by atoms with E-state index in [0.29, 0.717) is 19.1 Å². The molecule has 1 aromatic carbocycles. The number of nitrogens with zero attached hydrogens (tertiary/aromatic N) is 3. The summed E-state index contributed by atoms with van der Waals surface area (Å²) in [6.45, 7) is 8.37. The summed E-state index contributed by atoms with van der Waals surface area (Å²) >= 11 is 0. The summed E-state index contributed by atoms with van der Waals surface area (Å²) in [5.74, 6) is 0.176. The van der Waals surface area contributed by atoms with E-state index < -0.39 is 0 Å². The number of hydrogen-bond donors (Lipinski definition) is 0. The Labute approximate surface area is 136 Å². The SMILES string of the molecule is C=CCOC[C@H]1CN(Cc2ccc(F)cc2)Cc2ccnn2C1. The lowest BCUT2D eigenvalue weighted by Gasteiger charge is -2.23. The van der Waals surface area contributed by atoms with Crippen molar-refractivity contribution in [3.63, 3.8) is 0 Å². The number of benzene rings is 1. The first kappa shape index (κ1) is 15.9. The zero-order valence-corrected chi connectivity index (χ0v) is 13.2. The molecule has 1 aliphatic heterocycles. The molecule has 5 heteroatoms. The summed E-state index contributed by atoms with van der Waals surface area (Å²) in [6.07, 6.45) is 3.62. The van der Waals surface area contributed by atoms with Crippen LogP contribution in [0.25, 0.3) is 0 Å². The number of ether oxygens (including phenoxy) is 1. The van der Waals surface area contributed by atoms with Gasteiger partial charge in [0.25, 0.3) is 0 Å². The van der Waals surface area contributed by atoms with E-state index in [2.05, 4.69) is 27.3 Å². The highest BCUT2D eigenvalue weighted by Gasteiger charge is 2.22. The van der Waals surface area contributed by atoms with Gasteiger partial charge < -0.3 is 4.74 Å². The van der Waals surface area contributed by atoms with E-state index in [-0.39, 0.29) is 5.82 Å². The van der Waals surface area contributed by atoms with Crippen LogP contribution in [0.1, 0.15) is 11.3 Å². The summed E-state index contributed by atoms with van der Waals surface area (Å²) in [7, 11) is 0. The number of fused-ring (bicyclic) bond motifs is 1. The largest absolute Gasteiger partial charge is 0.377 e. The average Bonchev–Trinajstić information content (AvgIpc) is 2.90. The molecular formula is C18H22FN3O. The van der Waals surface area contributed by atoms with Gasteiger partial charge in [-0.1, -0.05) is 18.2 Å². The molecule has 0 unspecified atom stereocenters. The van der Waals surface area contributed by atoms with Crippen LogP contribution in [0.5, 0.6) is 0 Å². The monoisotopic (exact) mass is 315 g/mol. The van der Waals surface area contributed by atoms with E-state index in [4.69, 9.17) is 4.74 Å². The summed E-state index contributed by atoms with van der Waals surface area (Å²) in [5.41, 5.74) is 2.32. The average molecular weight is 315 g/mol. The maximum Gasteiger partial charge on any atom is 0.123 e. The van der Waals surface area contributed by atoms with E-state index in [1.54, 1.807) is 6.08 Å². The van der Waals surface area contributed by atoms with Crippen molar-refractivity contribution in [2.75, 3.05) is 19.8 Å². The fourth-order valence-corrected chi connectivity index (χ4v) is 3.01. The zero-order chi connectivity index (χ0) is 16.1. The Kier molecular flexibility index (Phi) is 5.20. The minimum atomic E-state index is -0.196. The summed E-state index contributed by atoms with van der Waals surface area (Å²) in [4.78, 5) is 2.37. The zero-order valence-electron chi connectivity index (χ0n) is 13.2. The summed E-state index contributed by atoms with van der Waals surface area (Å²) < 4.78 is 20.8. The van der Waals surface area contributed by atoms with Crippen molar-refractivity contribution in [1.29, 1.82) is 0 Å². The van der Waals surface area contributed by atoms with Crippen molar-refractivity contribution in [2.24, 2.45) is 5.92 Å². The molecule has 0 N–H and O–H groups in total. The van der Waals surface area contributed by atoms with Gasteiger partial charge in [-0.15, -0.1) is 6.58 Å². The second kappa shape index (κ2) is 7.53. The van der Waals surface area contributed by atoms with Crippen molar-refractivity contribution >= 4 is 0 Å². The van der Waals surface area contributed by atoms with E-state index in [1.807, 2.05) is 18.3 Å². The van der Waals surface area contributed by atoms with E-state index >= 15 is 0 Å². The van der Waals surface area contributed by atoms with Gasteiger partial charge in [0.1, 0.15) is 5.82 Å². The van der Waals surface area contributed by atoms with Gasteiger partial charge in [-0.2, -0.15) is 5.10 Å². The fourth-order valence-electron chi connectivity index (χ4n) is 3.01. The van der Waals surface area contributed by atoms with Crippen LogP contribution < -0.4 is 0 Å². The first-order valence-corrected chi connectivity index (χ1v) is 7.90. The van der Waals surface area contributed by atoms with Crippen LogP contribution in [0.3, 0.4) is 0 Å².